The average molecular weight is 464 g/mol. The summed E-state index contributed by atoms with van der Waals surface area (Å²) < 4.78 is 38.9. The van der Waals surface area contributed by atoms with Gasteiger partial charge >= 0.3 is 12.1 Å². The van der Waals surface area contributed by atoms with Gasteiger partial charge in [0, 0.05) is 29.2 Å². The number of rotatable bonds is 6. The topological polar surface area (TPSA) is 104 Å². The van der Waals surface area contributed by atoms with Gasteiger partial charge in [-0.15, -0.1) is 11.8 Å². The molecule has 0 saturated carbocycles. The van der Waals surface area contributed by atoms with Crippen molar-refractivity contribution in [3.63, 3.8) is 0 Å². The van der Waals surface area contributed by atoms with Crippen LogP contribution in [0, 0.1) is 0 Å². The van der Waals surface area contributed by atoms with E-state index in [0.29, 0.717) is 16.7 Å². The summed E-state index contributed by atoms with van der Waals surface area (Å²) in [5.41, 5.74) is -0.780. The number of halogens is 3. The highest BCUT2D eigenvalue weighted by atomic mass is 32.2. The molecule has 1 heterocycles. The number of benzene rings is 2. The molecule has 1 unspecified atom stereocenters. The molecule has 3 rings (SSSR count). The Bertz CT molecular complexity index is 1120. The van der Waals surface area contributed by atoms with Gasteiger partial charge in [-0.1, -0.05) is 12.1 Å². The van der Waals surface area contributed by atoms with Gasteiger partial charge in [0.1, 0.15) is 0 Å². The Balaban J connectivity index is 1.73. The van der Waals surface area contributed by atoms with Crippen LogP contribution in [0.15, 0.2) is 65.6 Å². The van der Waals surface area contributed by atoms with Crippen LogP contribution in [0.3, 0.4) is 0 Å². The monoisotopic (exact) mass is 464 g/mol. The average Bonchev–Trinajstić information content (AvgIpc) is 2.99. The lowest BCUT2D eigenvalue weighted by Gasteiger charge is -2.17. The lowest BCUT2D eigenvalue weighted by Crippen LogP contribution is -2.31. The summed E-state index contributed by atoms with van der Waals surface area (Å²) in [7, 11) is 0. The Hall–Kier alpha value is -3.60. The van der Waals surface area contributed by atoms with Crippen LogP contribution in [-0.2, 0) is 25.4 Å². The van der Waals surface area contributed by atoms with E-state index in [-0.39, 0.29) is 12.1 Å². The van der Waals surface area contributed by atoms with Gasteiger partial charge in [-0.2, -0.15) is 13.2 Å². The molecule has 2 aromatic carbocycles. The molecule has 1 atom stereocenters. The number of carboxylic acid groups (broad SMARTS) is 1. The number of amides is 3. The molecule has 7 nitrogen and oxygen atoms in total. The summed E-state index contributed by atoms with van der Waals surface area (Å²) in [5, 5.41) is 10.2. The van der Waals surface area contributed by atoms with E-state index in [9.17, 15) is 32.3 Å². The van der Waals surface area contributed by atoms with Crippen LogP contribution in [0.25, 0.3) is 0 Å². The second-order valence-corrected chi connectivity index (χ2v) is 7.89. The number of hydrogen-bond donors (Lipinski definition) is 2. The molecular weight excluding hydrogens is 449 g/mol. The van der Waals surface area contributed by atoms with E-state index in [0.717, 1.165) is 40.9 Å². The molecule has 1 aliphatic rings. The molecule has 166 valence electrons. The van der Waals surface area contributed by atoms with Crippen molar-refractivity contribution in [2.45, 2.75) is 22.7 Å². The molecule has 11 heteroatoms. The van der Waals surface area contributed by atoms with Gasteiger partial charge < -0.3 is 10.4 Å². The highest BCUT2D eigenvalue weighted by molar-refractivity contribution is 8.00. The van der Waals surface area contributed by atoms with Crippen LogP contribution in [0.1, 0.15) is 12.0 Å². The quantitative estimate of drug-likeness (QED) is 0.499. The fourth-order valence-electron chi connectivity index (χ4n) is 2.93. The van der Waals surface area contributed by atoms with Gasteiger partial charge in [-0.3, -0.25) is 14.4 Å². The fourth-order valence-corrected chi connectivity index (χ4v) is 4.04. The Labute approximate surface area is 183 Å². The van der Waals surface area contributed by atoms with Crippen molar-refractivity contribution in [3.8, 4) is 0 Å². The Morgan fingerprint density at radius 3 is 2.50 bits per heavy atom. The molecule has 0 radical (unpaired) electrons. The zero-order valence-electron chi connectivity index (χ0n) is 16.1. The summed E-state index contributed by atoms with van der Waals surface area (Å²) in [5.74, 6) is -3.20. The van der Waals surface area contributed by atoms with Gasteiger partial charge in [-0.05, 0) is 36.4 Å². The Morgan fingerprint density at radius 1 is 1.09 bits per heavy atom. The number of carbonyl (C=O) groups excluding carboxylic acids is 3. The Kier molecular flexibility index (Phi) is 6.68. The number of nitrogens with one attached hydrogen (secondary N) is 1. The standard InChI is InChI=1S/C21H15F3N2O5S/c22-21(23,24)12-3-1-5-14(9-12)26-18(28)11-16(20(26)31)32-15-6-2-4-13(10-15)25-17(27)7-8-19(29)30/h1-10,16H,11H2,(H,25,27)(H,29,30)/b8-7+. The number of anilines is 2. The first-order chi connectivity index (χ1) is 15.0. The van der Waals surface area contributed by atoms with E-state index in [1.807, 2.05) is 0 Å². The maximum atomic E-state index is 13.0. The van der Waals surface area contributed by atoms with Crippen LogP contribution in [0.2, 0.25) is 0 Å². The molecule has 2 aromatic rings. The first kappa shape index (κ1) is 23.1. The van der Waals surface area contributed by atoms with Crippen molar-refractivity contribution >= 4 is 46.8 Å². The highest BCUT2D eigenvalue weighted by Crippen LogP contribution is 2.37. The summed E-state index contributed by atoms with van der Waals surface area (Å²) in [4.78, 5) is 48.6. The fraction of sp³-hybridized carbons (Fsp3) is 0.143. The molecular formula is C21H15F3N2O5S. The molecule has 1 aliphatic heterocycles. The van der Waals surface area contributed by atoms with E-state index >= 15 is 0 Å². The lowest BCUT2D eigenvalue weighted by molar-refractivity contribution is -0.137. The second-order valence-electron chi connectivity index (χ2n) is 6.61. The number of nitrogens with zero attached hydrogens (tertiary/aromatic N) is 1. The van der Waals surface area contributed by atoms with Gasteiger partial charge in [0.2, 0.25) is 17.7 Å². The van der Waals surface area contributed by atoms with Crippen molar-refractivity contribution in [2.24, 2.45) is 0 Å². The first-order valence-corrected chi connectivity index (χ1v) is 9.95. The van der Waals surface area contributed by atoms with Crippen molar-refractivity contribution < 1.29 is 37.5 Å². The molecule has 0 aliphatic carbocycles. The van der Waals surface area contributed by atoms with Crippen LogP contribution < -0.4 is 10.2 Å². The van der Waals surface area contributed by atoms with Crippen molar-refractivity contribution in [3.05, 3.63) is 66.2 Å². The zero-order valence-corrected chi connectivity index (χ0v) is 16.9. The van der Waals surface area contributed by atoms with Crippen molar-refractivity contribution in [1.82, 2.24) is 0 Å². The smallest absolute Gasteiger partial charge is 0.416 e. The predicted molar refractivity (Wildman–Crippen MR) is 110 cm³/mol. The normalized spacial score (nSPS) is 16.6. The summed E-state index contributed by atoms with van der Waals surface area (Å²) >= 11 is 1.03. The van der Waals surface area contributed by atoms with E-state index in [1.165, 1.54) is 12.1 Å². The maximum absolute atomic E-state index is 13.0. The first-order valence-electron chi connectivity index (χ1n) is 9.07. The SMILES string of the molecule is O=C(O)/C=C/C(=O)Nc1cccc(SC2CC(=O)N(c3cccc(C(F)(F)F)c3)C2=O)c1. The number of imide groups is 1. The number of carbonyl (C=O) groups is 4. The van der Waals surface area contributed by atoms with Gasteiger partial charge in [-0.25, -0.2) is 9.69 Å². The highest BCUT2D eigenvalue weighted by Gasteiger charge is 2.41. The third-order valence-corrected chi connectivity index (χ3v) is 5.47. The summed E-state index contributed by atoms with van der Waals surface area (Å²) in [6.45, 7) is 0. The molecule has 3 amide bonds. The molecule has 32 heavy (non-hydrogen) atoms. The summed E-state index contributed by atoms with van der Waals surface area (Å²) in [6, 6.07) is 10.3. The van der Waals surface area contributed by atoms with Gasteiger partial charge in [0.15, 0.2) is 0 Å². The number of alkyl halides is 3. The van der Waals surface area contributed by atoms with E-state index in [2.05, 4.69) is 5.32 Å². The van der Waals surface area contributed by atoms with Crippen LogP contribution in [-0.4, -0.2) is 34.0 Å². The molecule has 2 N–H and O–H groups in total. The Morgan fingerprint density at radius 2 is 1.81 bits per heavy atom. The minimum absolute atomic E-state index is 0.149. The minimum Gasteiger partial charge on any atom is -0.478 e. The van der Waals surface area contributed by atoms with E-state index in [1.54, 1.807) is 18.2 Å². The van der Waals surface area contributed by atoms with E-state index < -0.39 is 40.7 Å². The minimum atomic E-state index is -4.61. The molecule has 0 spiro atoms. The third-order valence-electron chi connectivity index (χ3n) is 4.29. The predicted octanol–water partition coefficient (Wildman–Crippen LogP) is 3.71. The van der Waals surface area contributed by atoms with Crippen molar-refractivity contribution in [1.29, 1.82) is 0 Å². The molecule has 0 aromatic heterocycles. The number of hydrogen-bond acceptors (Lipinski definition) is 5. The van der Waals surface area contributed by atoms with Crippen molar-refractivity contribution in [2.75, 3.05) is 10.2 Å². The zero-order chi connectivity index (χ0) is 23.5. The van der Waals surface area contributed by atoms with E-state index in [4.69, 9.17) is 5.11 Å². The summed E-state index contributed by atoms with van der Waals surface area (Å²) in [6.07, 6.45) is -3.29. The van der Waals surface area contributed by atoms with Crippen LogP contribution >= 0.6 is 11.8 Å². The number of thioether (sulfide) groups is 1. The molecule has 1 fully saturated rings. The van der Waals surface area contributed by atoms with Crippen LogP contribution in [0.5, 0.6) is 0 Å². The molecule has 1 saturated heterocycles. The van der Waals surface area contributed by atoms with Gasteiger partial charge in [0.05, 0.1) is 16.5 Å². The number of aliphatic carboxylic acids is 1. The number of carboxylic acids is 1. The maximum Gasteiger partial charge on any atom is 0.416 e. The largest absolute Gasteiger partial charge is 0.478 e. The lowest BCUT2D eigenvalue weighted by atomic mass is 10.2. The van der Waals surface area contributed by atoms with Gasteiger partial charge in [0.25, 0.3) is 0 Å². The second kappa shape index (κ2) is 9.27. The van der Waals surface area contributed by atoms with Crippen LogP contribution in [0.4, 0.5) is 24.5 Å². The molecule has 0 bridgehead atoms. The third kappa shape index (κ3) is 5.55.